The van der Waals surface area contributed by atoms with Gasteiger partial charge in [-0.3, -0.25) is 4.57 Å². The smallest absolute Gasteiger partial charge is 0.429 e. The van der Waals surface area contributed by atoms with Gasteiger partial charge in [-0.1, -0.05) is 36.4 Å². The normalized spacial score (nSPS) is 12.1. The quantitative estimate of drug-likeness (QED) is 0.216. The van der Waals surface area contributed by atoms with Crippen LogP contribution < -0.4 is 4.74 Å². The third kappa shape index (κ3) is 5.11. The predicted octanol–water partition coefficient (Wildman–Crippen LogP) is 7.69. The minimum atomic E-state index is -5.01. The van der Waals surface area contributed by atoms with Crippen molar-refractivity contribution in [3.63, 3.8) is 0 Å². The zero-order chi connectivity index (χ0) is 25.4. The molecule has 35 heavy (non-hydrogen) atoms. The van der Waals surface area contributed by atoms with Gasteiger partial charge in [0.05, 0.1) is 16.6 Å². The van der Waals surface area contributed by atoms with Gasteiger partial charge < -0.3 is 9.47 Å². The van der Waals surface area contributed by atoms with Crippen LogP contribution in [0.2, 0.25) is 0 Å². The molecule has 4 rings (SSSR count). The molecule has 0 N–H and O–H groups in total. The first-order valence-electron chi connectivity index (χ1n) is 10.2. The summed E-state index contributed by atoms with van der Waals surface area (Å²) in [5.41, 5.74) is -1.48. The molecule has 182 valence electrons. The number of aryl methyl sites for hydroxylation is 1. The molecule has 0 unspecified atom stereocenters. The van der Waals surface area contributed by atoms with Crippen LogP contribution in [0.25, 0.3) is 16.6 Å². The van der Waals surface area contributed by atoms with E-state index >= 15 is 0 Å². The molecule has 0 aliphatic heterocycles. The number of carbonyl (C=O) groups excluding carboxylic acids is 1. The maximum absolute atomic E-state index is 13.1. The molecular formula is C25H17F6NO3. The van der Waals surface area contributed by atoms with E-state index in [4.69, 9.17) is 9.47 Å². The van der Waals surface area contributed by atoms with E-state index in [0.717, 1.165) is 10.9 Å². The van der Waals surface area contributed by atoms with Gasteiger partial charge in [0.25, 0.3) is 0 Å². The highest BCUT2D eigenvalue weighted by atomic mass is 19.4. The lowest BCUT2D eigenvalue weighted by Gasteiger charge is -2.15. The summed E-state index contributed by atoms with van der Waals surface area (Å²) < 4.78 is 90.4. The Labute approximate surface area is 195 Å². The lowest BCUT2D eigenvalue weighted by atomic mass is 10.1. The summed E-state index contributed by atoms with van der Waals surface area (Å²) in [5.74, 6) is 0.113. The molecule has 0 radical (unpaired) electrons. The van der Waals surface area contributed by atoms with Crippen molar-refractivity contribution in [2.75, 3.05) is 0 Å². The molecule has 0 amide bonds. The summed E-state index contributed by atoms with van der Waals surface area (Å²) >= 11 is 0. The fraction of sp³-hybridized carbons (Fsp3) is 0.160. The van der Waals surface area contributed by atoms with Crippen molar-refractivity contribution in [3.05, 3.63) is 95.1 Å². The highest BCUT2D eigenvalue weighted by Crippen LogP contribution is 2.37. The van der Waals surface area contributed by atoms with Gasteiger partial charge in [0.2, 0.25) is 5.88 Å². The lowest BCUT2D eigenvalue weighted by Crippen LogP contribution is -2.15. The molecule has 0 fully saturated rings. The molecule has 3 aromatic carbocycles. The Morgan fingerprint density at radius 3 is 2.00 bits per heavy atom. The Morgan fingerprint density at radius 2 is 1.40 bits per heavy atom. The molecule has 0 aliphatic rings. The van der Waals surface area contributed by atoms with Crippen molar-refractivity contribution < 1.29 is 40.6 Å². The monoisotopic (exact) mass is 493 g/mol. The number of benzene rings is 3. The van der Waals surface area contributed by atoms with Crippen LogP contribution in [0.4, 0.5) is 31.1 Å². The second-order valence-corrected chi connectivity index (χ2v) is 7.67. The van der Waals surface area contributed by atoms with Gasteiger partial charge in [0.15, 0.2) is 0 Å². The van der Waals surface area contributed by atoms with E-state index in [-0.39, 0.29) is 11.9 Å². The van der Waals surface area contributed by atoms with Crippen molar-refractivity contribution in [1.29, 1.82) is 0 Å². The number of alkyl halides is 6. The summed E-state index contributed by atoms with van der Waals surface area (Å²) in [6.07, 6.45) is -11.3. The van der Waals surface area contributed by atoms with Crippen molar-refractivity contribution in [2.45, 2.75) is 25.9 Å². The number of ether oxygens (including phenoxy) is 2. The van der Waals surface area contributed by atoms with Crippen LogP contribution in [-0.4, -0.2) is 10.7 Å². The van der Waals surface area contributed by atoms with Crippen molar-refractivity contribution >= 4 is 17.1 Å². The van der Waals surface area contributed by atoms with E-state index in [1.165, 1.54) is 0 Å². The second-order valence-electron chi connectivity index (χ2n) is 7.67. The van der Waals surface area contributed by atoms with Gasteiger partial charge in [-0.15, -0.1) is 0 Å². The Hall–Kier alpha value is -3.95. The van der Waals surface area contributed by atoms with Gasteiger partial charge in [0, 0.05) is 16.6 Å². The van der Waals surface area contributed by atoms with E-state index in [1.54, 1.807) is 54.0 Å². The van der Waals surface area contributed by atoms with E-state index in [1.807, 2.05) is 12.1 Å². The topological polar surface area (TPSA) is 40.5 Å². The summed E-state index contributed by atoms with van der Waals surface area (Å²) in [7, 11) is 0. The zero-order valence-electron chi connectivity index (χ0n) is 18.1. The van der Waals surface area contributed by atoms with Crippen LogP contribution in [0.5, 0.6) is 5.88 Å². The number of fused-ring (bicyclic) bond motifs is 1. The lowest BCUT2D eigenvalue weighted by molar-refractivity contribution is -0.143. The third-order valence-corrected chi connectivity index (χ3v) is 5.27. The molecule has 0 atom stereocenters. The van der Waals surface area contributed by atoms with Gasteiger partial charge in [-0.25, -0.2) is 4.79 Å². The first-order chi connectivity index (χ1) is 16.4. The highest BCUT2D eigenvalue weighted by molar-refractivity contribution is 5.89. The molecule has 0 bridgehead atoms. The molecule has 4 nitrogen and oxygen atoms in total. The average Bonchev–Trinajstić information content (AvgIpc) is 3.08. The Kier molecular flexibility index (Phi) is 6.23. The summed E-state index contributed by atoms with van der Waals surface area (Å²) in [6, 6.07) is 17.2. The molecule has 0 aliphatic carbocycles. The summed E-state index contributed by atoms with van der Waals surface area (Å²) in [6.45, 7) is 0.864. The van der Waals surface area contributed by atoms with E-state index in [2.05, 4.69) is 0 Å². The highest BCUT2D eigenvalue weighted by Gasteiger charge is 2.37. The number of hydrogen-bond acceptors (Lipinski definition) is 3. The maximum atomic E-state index is 13.1. The van der Waals surface area contributed by atoms with E-state index in [9.17, 15) is 31.1 Å². The van der Waals surface area contributed by atoms with Gasteiger partial charge in [-0.2, -0.15) is 26.3 Å². The van der Waals surface area contributed by atoms with Gasteiger partial charge in [0.1, 0.15) is 6.61 Å². The third-order valence-electron chi connectivity index (χ3n) is 5.27. The predicted molar refractivity (Wildman–Crippen MR) is 115 cm³/mol. The molecule has 1 heterocycles. The van der Waals surface area contributed by atoms with Gasteiger partial charge >= 0.3 is 18.5 Å². The standard InChI is InChI=1S/C25H17F6NO3/c1-15-20-9-5-6-10-21(20)32(19-7-3-2-4-8-19)22(15)35-23(33)34-14-16-11-17(24(26,27)28)13-18(12-16)25(29,30)31/h2-13H,14H2,1H3. The average molecular weight is 493 g/mol. The number of rotatable bonds is 4. The molecule has 4 aromatic rings. The molecule has 1 aromatic heterocycles. The largest absolute Gasteiger partial charge is 0.515 e. The summed E-state index contributed by atoms with van der Waals surface area (Å²) in [4.78, 5) is 12.5. The Balaban J connectivity index is 1.62. The minimum Gasteiger partial charge on any atom is -0.429 e. The SMILES string of the molecule is Cc1c(OC(=O)OCc2cc(C(F)(F)F)cc(C(F)(F)F)c2)n(-c2ccccc2)c2ccccc12. The number of hydrogen-bond donors (Lipinski definition) is 0. The molecule has 0 saturated carbocycles. The fourth-order valence-corrected chi connectivity index (χ4v) is 3.69. The van der Waals surface area contributed by atoms with Crippen LogP contribution in [0, 0.1) is 6.92 Å². The van der Waals surface area contributed by atoms with Crippen molar-refractivity contribution in [1.82, 2.24) is 4.57 Å². The Bertz CT molecular complexity index is 1340. The van der Waals surface area contributed by atoms with Crippen LogP contribution in [-0.2, 0) is 23.7 Å². The zero-order valence-corrected chi connectivity index (χ0v) is 18.1. The molecule has 0 saturated heterocycles. The van der Waals surface area contributed by atoms with Crippen molar-refractivity contribution in [3.8, 4) is 11.6 Å². The number of aromatic nitrogens is 1. The maximum Gasteiger partial charge on any atom is 0.515 e. The van der Waals surface area contributed by atoms with Crippen LogP contribution >= 0.6 is 0 Å². The molecule has 10 heteroatoms. The number of para-hydroxylation sites is 2. The van der Waals surface area contributed by atoms with Crippen LogP contribution in [0.1, 0.15) is 22.3 Å². The fourth-order valence-electron chi connectivity index (χ4n) is 3.69. The number of nitrogens with zero attached hydrogens (tertiary/aromatic N) is 1. The first-order valence-corrected chi connectivity index (χ1v) is 10.2. The molecule has 0 spiro atoms. The van der Waals surface area contributed by atoms with Crippen LogP contribution in [0.3, 0.4) is 0 Å². The second kappa shape index (κ2) is 9.01. The number of halogens is 6. The Morgan fingerprint density at radius 1 is 0.829 bits per heavy atom. The van der Waals surface area contributed by atoms with Gasteiger partial charge in [-0.05, 0) is 48.9 Å². The van der Waals surface area contributed by atoms with Crippen molar-refractivity contribution in [2.24, 2.45) is 0 Å². The summed E-state index contributed by atoms with van der Waals surface area (Å²) in [5, 5.41) is 0.784. The molecular weight excluding hydrogens is 476 g/mol. The van der Waals surface area contributed by atoms with E-state index in [0.29, 0.717) is 23.4 Å². The first kappa shape index (κ1) is 24.2. The van der Waals surface area contributed by atoms with E-state index < -0.39 is 41.8 Å². The number of carbonyl (C=O) groups is 1. The minimum absolute atomic E-state index is 0.00345. The van der Waals surface area contributed by atoms with Crippen LogP contribution in [0.15, 0.2) is 72.8 Å².